The molecule has 2 heterocycles. The van der Waals surface area contributed by atoms with Crippen molar-refractivity contribution in [2.24, 2.45) is 7.05 Å². The van der Waals surface area contributed by atoms with Crippen molar-refractivity contribution < 1.29 is 4.79 Å². The quantitative estimate of drug-likeness (QED) is 0.606. The molecule has 0 saturated carbocycles. The Balaban J connectivity index is 2.29. The molecule has 0 radical (unpaired) electrons. The van der Waals surface area contributed by atoms with Crippen molar-refractivity contribution in [2.75, 3.05) is 0 Å². The summed E-state index contributed by atoms with van der Waals surface area (Å²) in [5.41, 5.74) is 2.56. The molecule has 0 saturated heterocycles. The third-order valence-corrected chi connectivity index (χ3v) is 5.01. The van der Waals surface area contributed by atoms with Gasteiger partial charge in [-0.2, -0.15) is 0 Å². The van der Waals surface area contributed by atoms with E-state index >= 15 is 0 Å². The molecule has 0 unspecified atom stereocenters. The largest absolute Gasteiger partial charge is 0.332 e. The van der Waals surface area contributed by atoms with Crippen LogP contribution in [0.4, 0.5) is 0 Å². The first kappa shape index (κ1) is 18.3. The number of aryl methyl sites for hydroxylation is 3. The van der Waals surface area contributed by atoms with Gasteiger partial charge in [0.05, 0.1) is 13.1 Å². The normalized spacial score (nSPS) is 11.3. The molecular formula is C18H19BrN4O3. The summed E-state index contributed by atoms with van der Waals surface area (Å²) >= 11 is 3.28. The number of Topliss-reactive ketones (excluding diaryl/α,β-unsaturated/α-hetero) is 1. The topological polar surface area (TPSA) is 78.9 Å². The molecule has 0 spiro atoms. The lowest BCUT2D eigenvalue weighted by molar-refractivity contribution is -0.117. The van der Waals surface area contributed by atoms with Gasteiger partial charge in [-0.15, -0.1) is 0 Å². The second-order valence-electron chi connectivity index (χ2n) is 6.50. The summed E-state index contributed by atoms with van der Waals surface area (Å²) in [6.45, 7) is 5.52. The van der Waals surface area contributed by atoms with E-state index in [1.54, 1.807) is 7.05 Å². The summed E-state index contributed by atoms with van der Waals surface area (Å²) in [6.07, 6.45) is 0. The number of ketones is 1. The lowest BCUT2D eigenvalue weighted by Crippen LogP contribution is -2.40. The first-order valence-electron chi connectivity index (χ1n) is 8.12. The van der Waals surface area contributed by atoms with Gasteiger partial charge in [-0.25, -0.2) is 9.78 Å². The maximum atomic E-state index is 13.1. The summed E-state index contributed by atoms with van der Waals surface area (Å²) in [4.78, 5) is 41.6. The Kier molecular flexibility index (Phi) is 4.70. The summed E-state index contributed by atoms with van der Waals surface area (Å²) in [7, 11) is 1.57. The maximum Gasteiger partial charge on any atom is 0.332 e. The van der Waals surface area contributed by atoms with Crippen LogP contribution in [0.3, 0.4) is 0 Å². The van der Waals surface area contributed by atoms with Crippen LogP contribution >= 0.6 is 15.9 Å². The second kappa shape index (κ2) is 6.68. The predicted octanol–water partition coefficient (Wildman–Crippen LogP) is 1.91. The van der Waals surface area contributed by atoms with E-state index in [1.807, 2.05) is 32.0 Å². The van der Waals surface area contributed by atoms with Gasteiger partial charge in [0, 0.05) is 7.05 Å². The van der Waals surface area contributed by atoms with E-state index in [2.05, 4.69) is 20.9 Å². The molecule has 7 nitrogen and oxygen atoms in total. The van der Waals surface area contributed by atoms with Crippen LogP contribution in [0.1, 0.15) is 23.6 Å². The summed E-state index contributed by atoms with van der Waals surface area (Å²) < 4.78 is 4.37. The van der Waals surface area contributed by atoms with Crippen LogP contribution in [0.2, 0.25) is 0 Å². The fourth-order valence-electron chi connectivity index (χ4n) is 2.99. The van der Waals surface area contributed by atoms with Crippen LogP contribution < -0.4 is 11.2 Å². The molecule has 1 aromatic carbocycles. The average Bonchev–Trinajstić information content (AvgIpc) is 2.89. The number of imidazole rings is 1. The number of fused-ring (bicyclic) bond motifs is 1. The summed E-state index contributed by atoms with van der Waals surface area (Å²) in [5.74, 6) is -0.112. The number of hydrogen-bond acceptors (Lipinski definition) is 4. The number of carbonyl (C=O) groups is 1. The first-order valence-corrected chi connectivity index (χ1v) is 8.91. The summed E-state index contributed by atoms with van der Waals surface area (Å²) in [6, 6.07) is 5.92. The first-order chi connectivity index (χ1) is 12.2. The van der Waals surface area contributed by atoms with E-state index in [-0.39, 0.29) is 30.0 Å². The molecule has 3 rings (SSSR count). The van der Waals surface area contributed by atoms with Crippen molar-refractivity contribution in [3.63, 3.8) is 0 Å². The number of rotatable bonds is 4. The Morgan fingerprint density at radius 1 is 1.19 bits per heavy atom. The highest BCUT2D eigenvalue weighted by atomic mass is 79.9. The molecule has 0 N–H and O–H groups in total. The third-order valence-electron chi connectivity index (χ3n) is 4.40. The van der Waals surface area contributed by atoms with Crippen LogP contribution in [0, 0.1) is 13.8 Å². The number of hydrogen-bond donors (Lipinski definition) is 0. The Morgan fingerprint density at radius 2 is 1.88 bits per heavy atom. The van der Waals surface area contributed by atoms with Gasteiger partial charge in [0.25, 0.3) is 5.56 Å². The van der Waals surface area contributed by atoms with Crippen LogP contribution in [-0.2, 0) is 24.9 Å². The number of halogens is 1. The Hall–Kier alpha value is -2.48. The zero-order chi connectivity index (χ0) is 19.2. The van der Waals surface area contributed by atoms with Crippen molar-refractivity contribution in [3.8, 4) is 0 Å². The minimum atomic E-state index is -0.455. The smallest absolute Gasteiger partial charge is 0.305 e. The fraction of sp³-hybridized carbons (Fsp3) is 0.333. The van der Waals surface area contributed by atoms with E-state index in [9.17, 15) is 14.4 Å². The van der Waals surface area contributed by atoms with Gasteiger partial charge in [0.1, 0.15) is 5.78 Å². The number of benzene rings is 1. The molecule has 8 heteroatoms. The number of nitrogens with zero attached hydrogens (tertiary/aromatic N) is 4. The van der Waals surface area contributed by atoms with E-state index in [4.69, 9.17) is 0 Å². The zero-order valence-corrected chi connectivity index (χ0v) is 16.6. The standard InChI is InChI=1S/C18H19BrN4O3/c1-10-5-6-11(2)13(7-10)9-23-16(25)14-15(21(4)18(23)26)20-17(19)22(14)8-12(3)24/h5-7H,8-9H2,1-4H3. The molecule has 136 valence electrons. The minimum Gasteiger partial charge on any atom is -0.305 e. The average molecular weight is 419 g/mol. The highest BCUT2D eigenvalue weighted by molar-refractivity contribution is 9.10. The number of aromatic nitrogens is 4. The molecule has 2 aromatic heterocycles. The van der Waals surface area contributed by atoms with Crippen molar-refractivity contribution in [1.82, 2.24) is 18.7 Å². The maximum absolute atomic E-state index is 13.1. The van der Waals surface area contributed by atoms with E-state index in [0.717, 1.165) is 16.7 Å². The zero-order valence-electron chi connectivity index (χ0n) is 15.0. The van der Waals surface area contributed by atoms with Gasteiger partial charge in [0.2, 0.25) is 0 Å². The lowest BCUT2D eigenvalue weighted by atomic mass is 10.1. The van der Waals surface area contributed by atoms with E-state index in [0.29, 0.717) is 4.73 Å². The monoisotopic (exact) mass is 418 g/mol. The fourth-order valence-corrected chi connectivity index (χ4v) is 3.46. The van der Waals surface area contributed by atoms with Gasteiger partial charge in [0.15, 0.2) is 15.9 Å². The van der Waals surface area contributed by atoms with E-state index < -0.39 is 11.2 Å². The molecule has 3 aromatic rings. The Bertz CT molecular complexity index is 1150. The predicted molar refractivity (Wildman–Crippen MR) is 103 cm³/mol. The van der Waals surface area contributed by atoms with Gasteiger partial charge < -0.3 is 4.57 Å². The van der Waals surface area contributed by atoms with Gasteiger partial charge >= 0.3 is 5.69 Å². The van der Waals surface area contributed by atoms with Crippen molar-refractivity contribution >= 4 is 32.9 Å². The summed E-state index contributed by atoms with van der Waals surface area (Å²) in [5, 5.41) is 0. The molecule has 0 amide bonds. The SMILES string of the molecule is CC(=O)Cn1c(Br)nc2c1c(=O)n(Cc1cc(C)ccc1C)c(=O)n2C. The molecule has 0 aliphatic carbocycles. The molecule has 0 aliphatic rings. The second-order valence-corrected chi connectivity index (χ2v) is 7.21. The van der Waals surface area contributed by atoms with Crippen molar-refractivity contribution in [1.29, 1.82) is 0 Å². The molecule has 26 heavy (non-hydrogen) atoms. The molecule has 0 aliphatic heterocycles. The van der Waals surface area contributed by atoms with Crippen molar-refractivity contribution in [3.05, 3.63) is 60.5 Å². The Labute approximate surface area is 158 Å². The van der Waals surface area contributed by atoms with Crippen molar-refractivity contribution in [2.45, 2.75) is 33.9 Å². The highest BCUT2D eigenvalue weighted by Crippen LogP contribution is 2.17. The minimum absolute atomic E-state index is 0.00794. The molecule has 0 fully saturated rings. The molecule has 0 bridgehead atoms. The Morgan fingerprint density at radius 3 is 2.54 bits per heavy atom. The van der Waals surface area contributed by atoms with Gasteiger partial charge in [-0.3, -0.25) is 18.7 Å². The van der Waals surface area contributed by atoms with Crippen LogP contribution in [0.15, 0.2) is 32.5 Å². The number of carbonyl (C=O) groups excluding carboxylic acids is 1. The third kappa shape index (κ3) is 3.05. The van der Waals surface area contributed by atoms with Crippen LogP contribution in [0.5, 0.6) is 0 Å². The van der Waals surface area contributed by atoms with Gasteiger partial charge in [-0.1, -0.05) is 23.8 Å². The highest BCUT2D eigenvalue weighted by Gasteiger charge is 2.20. The van der Waals surface area contributed by atoms with Crippen LogP contribution in [-0.4, -0.2) is 24.5 Å². The lowest BCUT2D eigenvalue weighted by Gasteiger charge is -2.12. The van der Waals surface area contributed by atoms with E-state index in [1.165, 1.54) is 20.6 Å². The molecule has 0 atom stereocenters. The molecular weight excluding hydrogens is 400 g/mol. The van der Waals surface area contributed by atoms with Gasteiger partial charge in [-0.05, 0) is 47.8 Å². The van der Waals surface area contributed by atoms with Crippen LogP contribution in [0.25, 0.3) is 11.2 Å².